The molecule has 6 heteroatoms. The Hall–Kier alpha value is -8.32. The minimum absolute atomic E-state index is 0.606. The van der Waals surface area contributed by atoms with Gasteiger partial charge >= 0.3 is 0 Å². The molecule has 14 aromatic rings. The maximum absolute atomic E-state index is 5.78. The maximum Gasteiger partial charge on any atom is 0.237 e. The summed E-state index contributed by atoms with van der Waals surface area (Å²) in [6.45, 7) is 0. The van der Waals surface area contributed by atoms with Gasteiger partial charge in [0.05, 0.1) is 44.5 Å². The molecule has 0 N–H and O–H groups in total. The van der Waals surface area contributed by atoms with Crippen LogP contribution in [0.15, 0.2) is 212 Å². The molecule has 64 heavy (non-hydrogen) atoms. The van der Waals surface area contributed by atoms with Crippen LogP contribution in [-0.2, 0) is 0 Å². The van der Waals surface area contributed by atoms with Crippen molar-refractivity contribution < 1.29 is 0 Å². The van der Waals surface area contributed by atoms with Crippen LogP contribution in [-0.4, -0.2) is 23.7 Å². The van der Waals surface area contributed by atoms with E-state index in [2.05, 4.69) is 226 Å². The molecule has 5 heterocycles. The number of aromatic nitrogens is 5. The van der Waals surface area contributed by atoms with Crippen molar-refractivity contribution in [2.75, 3.05) is 0 Å². The normalized spacial score (nSPS) is 12.1. The second-order valence-electron chi connectivity index (χ2n) is 16.5. The van der Waals surface area contributed by atoms with E-state index >= 15 is 0 Å². The minimum Gasteiger partial charge on any atom is -0.309 e. The van der Waals surface area contributed by atoms with Gasteiger partial charge in [0.2, 0.25) is 5.95 Å². The second-order valence-corrected chi connectivity index (χ2v) is 17.6. The van der Waals surface area contributed by atoms with Crippen LogP contribution < -0.4 is 0 Å². The van der Waals surface area contributed by atoms with E-state index in [1.807, 2.05) is 11.3 Å². The van der Waals surface area contributed by atoms with Crippen molar-refractivity contribution in [3.63, 3.8) is 0 Å². The van der Waals surface area contributed by atoms with Gasteiger partial charge in [-0.1, -0.05) is 158 Å². The van der Waals surface area contributed by atoms with Gasteiger partial charge < -0.3 is 4.57 Å². The Morgan fingerprint density at radius 1 is 0.328 bits per heavy atom. The average molecular weight is 834 g/mol. The van der Waals surface area contributed by atoms with Gasteiger partial charge in [-0.25, -0.2) is 4.98 Å². The lowest BCUT2D eigenvalue weighted by atomic mass is 9.94. The van der Waals surface area contributed by atoms with Gasteiger partial charge in [0.1, 0.15) is 5.82 Å². The number of rotatable bonds is 5. The molecule has 0 atom stereocenters. The number of fused-ring (bicyclic) bond motifs is 12. The summed E-state index contributed by atoms with van der Waals surface area (Å²) >= 11 is 1.86. The molecule has 0 unspecified atom stereocenters. The fourth-order valence-corrected chi connectivity index (χ4v) is 11.7. The van der Waals surface area contributed by atoms with E-state index in [9.17, 15) is 0 Å². The van der Waals surface area contributed by atoms with Crippen molar-refractivity contribution >= 4 is 96.9 Å². The van der Waals surface area contributed by atoms with E-state index in [1.165, 1.54) is 47.3 Å². The standard InChI is InChI=1S/C58H35N5S/c1-8-27-47-36(17-1)37-18-2-9-28-48(37)61(47)53-33-16-24-43(45-26-15-25-44-42-23-7-14-34-54(42)64-57(44)45)56(53)46-35-55(62-49-29-10-3-19-38(49)39-20-4-11-30-50(39)62)60-58(59-46)63-51-31-12-5-21-40(51)41-22-6-13-32-52(41)63/h1-35H. The fourth-order valence-electron chi connectivity index (χ4n) is 10.4. The monoisotopic (exact) mass is 833 g/mol. The molecule has 0 aliphatic heterocycles. The largest absolute Gasteiger partial charge is 0.309 e. The van der Waals surface area contributed by atoms with Crippen molar-refractivity contribution in [2.45, 2.75) is 0 Å². The lowest BCUT2D eigenvalue weighted by molar-refractivity contribution is 0.951. The van der Waals surface area contributed by atoms with E-state index in [4.69, 9.17) is 9.97 Å². The quantitative estimate of drug-likeness (QED) is 0.173. The molecule has 0 radical (unpaired) electrons. The van der Waals surface area contributed by atoms with Gasteiger partial charge in [0.15, 0.2) is 0 Å². The summed E-state index contributed by atoms with van der Waals surface area (Å²) in [4.78, 5) is 11.4. The van der Waals surface area contributed by atoms with Crippen LogP contribution >= 0.6 is 11.3 Å². The van der Waals surface area contributed by atoms with E-state index in [0.717, 1.165) is 72.2 Å². The van der Waals surface area contributed by atoms with Crippen molar-refractivity contribution in [3.8, 4) is 39.8 Å². The maximum atomic E-state index is 5.78. The van der Waals surface area contributed by atoms with E-state index in [1.54, 1.807) is 0 Å². The highest BCUT2D eigenvalue weighted by Crippen LogP contribution is 2.46. The van der Waals surface area contributed by atoms with Crippen molar-refractivity contribution in [1.82, 2.24) is 23.7 Å². The number of benzene rings is 9. The zero-order chi connectivity index (χ0) is 41.9. The summed E-state index contributed by atoms with van der Waals surface area (Å²) in [5.74, 6) is 1.40. The van der Waals surface area contributed by atoms with Crippen molar-refractivity contribution in [3.05, 3.63) is 212 Å². The van der Waals surface area contributed by atoms with Gasteiger partial charge in [-0.15, -0.1) is 11.3 Å². The lowest BCUT2D eigenvalue weighted by Gasteiger charge is -2.20. The molecule has 0 spiro atoms. The predicted molar refractivity (Wildman–Crippen MR) is 269 cm³/mol. The Morgan fingerprint density at radius 2 is 0.750 bits per heavy atom. The molecule has 5 aromatic heterocycles. The average Bonchev–Trinajstić information content (AvgIpc) is 4.10. The Morgan fingerprint density at radius 3 is 1.30 bits per heavy atom. The molecule has 0 amide bonds. The highest BCUT2D eigenvalue weighted by molar-refractivity contribution is 7.26. The number of thiophene rings is 1. The molecule has 9 aromatic carbocycles. The molecule has 0 saturated carbocycles. The van der Waals surface area contributed by atoms with Gasteiger partial charge in [-0.3, -0.25) is 9.13 Å². The van der Waals surface area contributed by atoms with Crippen LogP contribution in [0.3, 0.4) is 0 Å². The summed E-state index contributed by atoms with van der Waals surface area (Å²) in [5, 5.41) is 9.63. The Kier molecular flexibility index (Phi) is 7.49. The van der Waals surface area contributed by atoms with Gasteiger partial charge in [-0.05, 0) is 54.1 Å². The first-order valence-corrected chi connectivity index (χ1v) is 22.5. The molecule has 298 valence electrons. The van der Waals surface area contributed by atoms with Crippen LogP contribution in [0.5, 0.6) is 0 Å². The first-order valence-electron chi connectivity index (χ1n) is 21.7. The third-order valence-electron chi connectivity index (χ3n) is 13.1. The summed E-state index contributed by atoms with van der Waals surface area (Å²) in [6, 6.07) is 76.6. The Labute approximate surface area is 371 Å². The molecular formula is C58H35N5S. The van der Waals surface area contributed by atoms with E-state index in [0.29, 0.717) is 5.95 Å². The molecule has 0 aliphatic carbocycles. The van der Waals surface area contributed by atoms with Gasteiger partial charge in [0.25, 0.3) is 0 Å². The molecule has 0 aliphatic rings. The van der Waals surface area contributed by atoms with Crippen LogP contribution in [0.4, 0.5) is 0 Å². The molecular weight excluding hydrogens is 799 g/mol. The Bertz CT molecular complexity index is 3930. The van der Waals surface area contributed by atoms with Crippen LogP contribution in [0.1, 0.15) is 0 Å². The number of nitrogens with zero attached hydrogens (tertiary/aromatic N) is 5. The van der Waals surface area contributed by atoms with Crippen LogP contribution in [0.2, 0.25) is 0 Å². The number of hydrogen-bond donors (Lipinski definition) is 0. The van der Waals surface area contributed by atoms with Gasteiger partial charge in [0, 0.05) is 69.7 Å². The highest BCUT2D eigenvalue weighted by atomic mass is 32.1. The summed E-state index contributed by atoms with van der Waals surface area (Å²) in [5.41, 5.74) is 11.8. The first kappa shape index (κ1) is 35.3. The molecule has 0 saturated heterocycles. The van der Waals surface area contributed by atoms with Crippen molar-refractivity contribution in [1.29, 1.82) is 0 Å². The molecule has 5 nitrogen and oxygen atoms in total. The molecule has 0 fully saturated rings. The smallest absolute Gasteiger partial charge is 0.237 e. The van der Waals surface area contributed by atoms with E-state index < -0.39 is 0 Å². The predicted octanol–water partition coefficient (Wildman–Crippen LogP) is 15.5. The van der Waals surface area contributed by atoms with Gasteiger partial charge in [-0.2, -0.15) is 4.98 Å². The van der Waals surface area contributed by atoms with E-state index in [-0.39, 0.29) is 0 Å². The number of hydrogen-bond acceptors (Lipinski definition) is 3. The number of para-hydroxylation sites is 6. The minimum atomic E-state index is 0.606. The summed E-state index contributed by atoms with van der Waals surface area (Å²) in [6.07, 6.45) is 0. The first-order chi connectivity index (χ1) is 31.8. The molecule has 14 rings (SSSR count). The molecule has 0 bridgehead atoms. The van der Waals surface area contributed by atoms with Crippen LogP contribution in [0, 0.1) is 0 Å². The zero-order valence-corrected chi connectivity index (χ0v) is 35.2. The summed E-state index contributed by atoms with van der Waals surface area (Å²) < 4.78 is 9.54. The fraction of sp³-hybridized carbons (Fsp3) is 0. The van der Waals surface area contributed by atoms with Crippen LogP contribution in [0.25, 0.3) is 125 Å². The Balaban J connectivity index is 1.17. The van der Waals surface area contributed by atoms with Crippen molar-refractivity contribution in [2.24, 2.45) is 0 Å². The topological polar surface area (TPSA) is 40.6 Å². The highest BCUT2D eigenvalue weighted by Gasteiger charge is 2.25. The second kappa shape index (κ2) is 13.6. The SMILES string of the molecule is c1cc(-c2cccc3c2sc2ccccc23)c(-c2cc(-n3c4ccccc4c4ccccc43)nc(-n3c4ccccc4c4ccccc43)n2)c(-n2c3ccccc3c3ccccc32)c1. The lowest BCUT2D eigenvalue weighted by Crippen LogP contribution is -2.09. The third kappa shape index (κ3) is 5.00. The summed E-state index contributed by atoms with van der Waals surface area (Å²) in [7, 11) is 0. The third-order valence-corrected chi connectivity index (χ3v) is 14.3. The zero-order valence-electron chi connectivity index (χ0n) is 34.4.